The maximum Gasteiger partial charge on any atom is 0.329 e. The van der Waals surface area contributed by atoms with E-state index in [-0.39, 0.29) is 0 Å². The Balaban J connectivity index is 3.59. The molecule has 0 unspecified atom stereocenters. The third kappa shape index (κ3) is 2.46. The molecule has 0 N–H and O–H groups in total. The van der Waals surface area contributed by atoms with E-state index in [9.17, 15) is 30.3 Å². The Kier molecular flexibility index (Phi) is 3.68. The number of nitrogens with zero attached hydrogens (tertiary/aromatic N) is 3. The van der Waals surface area contributed by atoms with Crippen LogP contribution in [0, 0.1) is 30.3 Å². The van der Waals surface area contributed by atoms with Gasteiger partial charge in [0.1, 0.15) is 0 Å². The van der Waals surface area contributed by atoms with Crippen molar-refractivity contribution in [1.82, 2.24) is 0 Å². The molecule has 0 aliphatic carbocycles. The lowest BCUT2D eigenvalue weighted by Gasteiger charge is -2.03. The first kappa shape index (κ1) is 13.2. The summed E-state index contributed by atoms with van der Waals surface area (Å²) in [6.45, 7) is 0. The summed E-state index contributed by atoms with van der Waals surface area (Å²) in [6, 6.07) is 1.09. The second-order valence-corrected chi connectivity index (χ2v) is 2.83. The van der Waals surface area contributed by atoms with Crippen molar-refractivity contribution in [3.63, 3.8) is 0 Å². The minimum atomic E-state index is -1.05. The Labute approximate surface area is 97.9 Å². The summed E-state index contributed by atoms with van der Waals surface area (Å²) >= 11 is 0. The zero-order valence-corrected chi connectivity index (χ0v) is 8.76. The molecule has 0 aliphatic rings. The summed E-state index contributed by atoms with van der Waals surface area (Å²) in [5.41, 5.74) is -2.66. The van der Waals surface area contributed by atoms with Gasteiger partial charge < -0.3 is 4.89 Å². The molecule has 11 heteroatoms. The standard InChI is InChI=1S/C7H5N3O8/c1-17-18-7-5(9(13)14)2-4(8(11)12)3-6(7)10(15)16/h2-3H,1H3. The molecule has 1 aromatic carbocycles. The fourth-order valence-corrected chi connectivity index (χ4v) is 1.13. The first-order valence-electron chi connectivity index (χ1n) is 4.20. The van der Waals surface area contributed by atoms with Gasteiger partial charge in [0.15, 0.2) is 0 Å². The van der Waals surface area contributed by atoms with Gasteiger partial charge in [-0.2, -0.15) is 4.89 Å². The molecular formula is C7H5N3O8. The van der Waals surface area contributed by atoms with Crippen molar-refractivity contribution >= 4 is 17.1 Å². The van der Waals surface area contributed by atoms with Crippen LogP contribution >= 0.6 is 0 Å². The van der Waals surface area contributed by atoms with Gasteiger partial charge in [-0.15, -0.1) is 0 Å². The maximum absolute atomic E-state index is 10.7. The van der Waals surface area contributed by atoms with Crippen molar-refractivity contribution in [2.75, 3.05) is 7.11 Å². The quantitative estimate of drug-likeness (QED) is 0.437. The van der Waals surface area contributed by atoms with Crippen LogP contribution in [0.2, 0.25) is 0 Å². The van der Waals surface area contributed by atoms with Crippen LogP contribution in [0.1, 0.15) is 0 Å². The zero-order chi connectivity index (χ0) is 13.9. The molecule has 1 rings (SSSR count). The smallest absolute Gasteiger partial charge is 0.323 e. The van der Waals surface area contributed by atoms with E-state index in [1.165, 1.54) is 0 Å². The van der Waals surface area contributed by atoms with Gasteiger partial charge >= 0.3 is 17.1 Å². The zero-order valence-electron chi connectivity index (χ0n) is 8.76. The average Bonchev–Trinajstić information content (AvgIpc) is 2.28. The van der Waals surface area contributed by atoms with E-state index in [1.54, 1.807) is 0 Å². The highest BCUT2D eigenvalue weighted by Crippen LogP contribution is 2.40. The van der Waals surface area contributed by atoms with Gasteiger partial charge in [0, 0.05) is 0 Å². The van der Waals surface area contributed by atoms with Crippen molar-refractivity contribution < 1.29 is 24.5 Å². The Hall–Kier alpha value is -2.82. The number of nitro benzene ring substituents is 3. The lowest BCUT2D eigenvalue weighted by molar-refractivity contribution is -0.407. The molecule has 11 nitrogen and oxygen atoms in total. The minimum absolute atomic E-state index is 0.543. The highest BCUT2D eigenvalue weighted by atomic mass is 17.2. The third-order valence-electron chi connectivity index (χ3n) is 1.81. The third-order valence-corrected chi connectivity index (χ3v) is 1.81. The van der Waals surface area contributed by atoms with E-state index in [4.69, 9.17) is 0 Å². The van der Waals surface area contributed by atoms with Crippen LogP contribution in [0.4, 0.5) is 17.1 Å². The number of nitro groups is 3. The first-order valence-corrected chi connectivity index (χ1v) is 4.20. The Morgan fingerprint density at radius 3 is 1.67 bits per heavy atom. The molecule has 0 amide bonds. The van der Waals surface area contributed by atoms with Crippen LogP contribution in [-0.4, -0.2) is 21.9 Å². The monoisotopic (exact) mass is 259 g/mol. The number of hydrogen-bond donors (Lipinski definition) is 0. The van der Waals surface area contributed by atoms with E-state index in [1.807, 2.05) is 0 Å². The van der Waals surface area contributed by atoms with Crippen LogP contribution in [0.15, 0.2) is 12.1 Å². The van der Waals surface area contributed by atoms with Gasteiger partial charge in [0.25, 0.3) is 5.69 Å². The number of non-ortho nitro benzene ring substituents is 1. The molecule has 0 aromatic heterocycles. The topological polar surface area (TPSA) is 148 Å². The highest BCUT2D eigenvalue weighted by molar-refractivity contribution is 5.65. The molecule has 0 bridgehead atoms. The summed E-state index contributed by atoms with van der Waals surface area (Å²) in [6.07, 6.45) is 0. The van der Waals surface area contributed by atoms with Crippen molar-refractivity contribution in [3.05, 3.63) is 42.5 Å². The highest BCUT2D eigenvalue weighted by Gasteiger charge is 2.33. The van der Waals surface area contributed by atoms with Crippen molar-refractivity contribution in [2.24, 2.45) is 0 Å². The van der Waals surface area contributed by atoms with Crippen LogP contribution in [0.5, 0.6) is 5.75 Å². The molecule has 96 valence electrons. The molecule has 18 heavy (non-hydrogen) atoms. The largest absolute Gasteiger partial charge is 0.329 e. The van der Waals surface area contributed by atoms with E-state index in [0.29, 0.717) is 12.1 Å². The van der Waals surface area contributed by atoms with Gasteiger partial charge in [-0.1, -0.05) is 0 Å². The van der Waals surface area contributed by atoms with Crippen LogP contribution in [0.25, 0.3) is 0 Å². The van der Waals surface area contributed by atoms with Crippen molar-refractivity contribution in [3.8, 4) is 5.75 Å². The number of hydrogen-bond acceptors (Lipinski definition) is 8. The van der Waals surface area contributed by atoms with E-state index in [2.05, 4.69) is 9.78 Å². The molecule has 1 aromatic rings. The average molecular weight is 259 g/mol. The summed E-state index contributed by atoms with van der Waals surface area (Å²) in [4.78, 5) is 37.2. The van der Waals surface area contributed by atoms with E-state index < -0.39 is 37.6 Å². The Bertz CT molecular complexity index is 492. The maximum atomic E-state index is 10.7. The van der Waals surface area contributed by atoms with Gasteiger partial charge in [0.05, 0.1) is 34.0 Å². The van der Waals surface area contributed by atoms with Crippen molar-refractivity contribution in [2.45, 2.75) is 0 Å². The summed E-state index contributed by atoms with van der Waals surface area (Å²) in [5, 5.41) is 31.9. The van der Waals surface area contributed by atoms with Crippen LogP contribution in [0.3, 0.4) is 0 Å². The number of rotatable bonds is 5. The Morgan fingerprint density at radius 2 is 1.39 bits per heavy atom. The minimum Gasteiger partial charge on any atom is -0.323 e. The molecule has 0 radical (unpaired) electrons. The van der Waals surface area contributed by atoms with Gasteiger partial charge in [-0.25, -0.2) is 0 Å². The molecule has 0 saturated carbocycles. The fraction of sp³-hybridized carbons (Fsp3) is 0.143. The fourth-order valence-electron chi connectivity index (χ4n) is 1.13. The van der Waals surface area contributed by atoms with Gasteiger partial charge in [-0.05, 0) is 0 Å². The SMILES string of the molecule is COOc1c([N+](=O)[O-])cc([N+](=O)[O-])cc1[N+](=O)[O-]. The molecule has 0 atom stereocenters. The van der Waals surface area contributed by atoms with Gasteiger partial charge in [-0.3, -0.25) is 30.3 Å². The van der Waals surface area contributed by atoms with E-state index >= 15 is 0 Å². The molecule has 0 fully saturated rings. The summed E-state index contributed by atoms with van der Waals surface area (Å²) in [7, 11) is 0.981. The van der Waals surface area contributed by atoms with Gasteiger partial charge in [0.2, 0.25) is 0 Å². The van der Waals surface area contributed by atoms with E-state index in [0.717, 1.165) is 7.11 Å². The first-order chi connectivity index (χ1) is 8.38. The molecule has 0 aliphatic heterocycles. The van der Waals surface area contributed by atoms with Crippen LogP contribution < -0.4 is 4.89 Å². The van der Waals surface area contributed by atoms with Crippen LogP contribution in [-0.2, 0) is 4.89 Å². The van der Waals surface area contributed by atoms with Crippen molar-refractivity contribution in [1.29, 1.82) is 0 Å². The summed E-state index contributed by atoms with van der Waals surface area (Å²) < 4.78 is 0. The molecular weight excluding hydrogens is 254 g/mol. The predicted octanol–water partition coefficient (Wildman–Crippen LogP) is 1.35. The second kappa shape index (κ2) is 5.01. The summed E-state index contributed by atoms with van der Waals surface area (Å²) in [5.74, 6) is -0.807. The Morgan fingerprint density at radius 1 is 0.944 bits per heavy atom. The lowest BCUT2D eigenvalue weighted by Crippen LogP contribution is -2.02. The predicted molar refractivity (Wildman–Crippen MR) is 54.0 cm³/mol. The molecule has 0 saturated heterocycles. The normalized spacial score (nSPS) is 9.83. The molecule has 0 heterocycles. The second-order valence-electron chi connectivity index (χ2n) is 2.83. The lowest BCUT2D eigenvalue weighted by atomic mass is 10.2. The number of benzene rings is 1. The molecule has 0 spiro atoms.